The number of hydrogen-bond donors (Lipinski definition) is 1. The van der Waals surface area contributed by atoms with E-state index in [2.05, 4.69) is 27.2 Å². The third kappa shape index (κ3) is 5.95. The van der Waals surface area contributed by atoms with Gasteiger partial charge in [0.2, 0.25) is 0 Å². The maximum Gasteiger partial charge on any atom is 0.293 e. The van der Waals surface area contributed by atoms with E-state index in [1.54, 1.807) is 19.2 Å². The van der Waals surface area contributed by atoms with E-state index in [0.29, 0.717) is 17.8 Å². The number of nitrogens with zero attached hydrogens (tertiary/aromatic N) is 3. The summed E-state index contributed by atoms with van der Waals surface area (Å²) >= 11 is 0. The van der Waals surface area contributed by atoms with Crippen LogP contribution in [0.15, 0.2) is 42.5 Å². The zero-order chi connectivity index (χ0) is 22.4. The summed E-state index contributed by atoms with van der Waals surface area (Å²) in [5, 5.41) is 14.5. The minimum absolute atomic E-state index is 0.0278. The molecule has 2 aromatic rings. The summed E-state index contributed by atoms with van der Waals surface area (Å²) < 4.78 is 5.21. The maximum atomic E-state index is 12.3. The Morgan fingerprint density at radius 1 is 1.13 bits per heavy atom. The van der Waals surface area contributed by atoms with Crippen LogP contribution in [0.2, 0.25) is 0 Å². The smallest absolute Gasteiger partial charge is 0.293 e. The van der Waals surface area contributed by atoms with E-state index in [-0.39, 0.29) is 17.6 Å². The van der Waals surface area contributed by atoms with Crippen LogP contribution < -0.4 is 15.0 Å². The van der Waals surface area contributed by atoms with E-state index in [0.717, 1.165) is 38.3 Å². The van der Waals surface area contributed by atoms with Gasteiger partial charge in [-0.1, -0.05) is 12.1 Å². The van der Waals surface area contributed by atoms with Crippen molar-refractivity contribution in [3.63, 3.8) is 0 Å². The average Bonchev–Trinajstić information content (AvgIpc) is 2.99. The number of rotatable bonds is 7. The van der Waals surface area contributed by atoms with Crippen molar-refractivity contribution in [2.24, 2.45) is 0 Å². The zero-order valence-electron chi connectivity index (χ0n) is 18.3. The number of hydrogen-bond acceptors (Lipinski definition) is 6. The first-order valence-electron chi connectivity index (χ1n) is 10.6. The Morgan fingerprint density at radius 3 is 2.52 bits per heavy atom. The van der Waals surface area contributed by atoms with E-state index in [1.807, 2.05) is 26.0 Å². The number of ether oxygens (including phenoxy) is 1. The molecule has 0 atom stereocenters. The molecule has 0 bridgehead atoms. The van der Waals surface area contributed by atoms with Gasteiger partial charge in [-0.05, 0) is 50.1 Å². The standard InChI is InChI=1S/C23H30N4O4/c1-17(2)24-23(28)19-7-10-21(22(15-19)27(29)30)26-12-4-11-25(13-14-26)16-18-5-8-20(31-3)9-6-18/h5-10,15,17H,4,11-14,16H2,1-3H3,(H,24,28). The summed E-state index contributed by atoms with van der Waals surface area (Å²) in [5.41, 5.74) is 2.05. The summed E-state index contributed by atoms with van der Waals surface area (Å²) in [7, 11) is 1.65. The molecule has 1 fully saturated rings. The summed E-state index contributed by atoms with van der Waals surface area (Å²) in [6.07, 6.45) is 0.906. The Hall–Kier alpha value is -3.13. The van der Waals surface area contributed by atoms with Crippen molar-refractivity contribution in [2.75, 3.05) is 38.2 Å². The van der Waals surface area contributed by atoms with Gasteiger partial charge < -0.3 is 15.0 Å². The highest BCUT2D eigenvalue weighted by atomic mass is 16.6. The highest BCUT2D eigenvalue weighted by Crippen LogP contribution is 2.30. The van der Waals surface area contributed by atoms with Crippen molar-refractivity contribution in [1.82, 2.24) is 10.2 Å². The van der Waals surface area contributed by atoms with Crippen molar-refractivity contribution in [3.8, 4) is 5.75 Å². The van der Waals surface area contributed by atoms with E-state index in [4.69, 9.17) is 4.74 Å². The van der Waals surface area contributed by atoms with Crippen LogP contribution in [0.1, 0.15) is 36.2 Å². The monoisotopic (exact) mass is 426 g/mol. The second-order valence-corrected chi connectivity index (χ2v) is 8.05. The van der Waals surface area contributed by atoms with Gasteiger partial charge in [0.15, 0.2) is 0 Å². The third-order valence-corrected chi connectivity index (χ3v) is 5.35. The number of carbonyl (C=O) groups is 1. The Kier molecular flexibility index (Phi) is 7.46. The number of amides is 1. The minimum Gasteiger partial charge on any atom is -0.497 e. The van der Waals surface area contributed by atoms with Crippen molar-refractivity contribution in [3.05, 3.63) is 63.7 Å². The van der Waals surface area contributed by atoms with Crippen LogP contribution in [0.25, 0.3) is 0 Å². The normalized spacial score (nSPS) is 14.9. The van der Waals surface area contributed by atoms with E-state index in [1.165, 1.54) is 11.6 Å². The number of nitrogens with one attached hydrogen (secondary N) is 1. The Labute approximate surface area is 182 Å². The van der Waals surface area contributed by atoms with Gasteiger partial charge in [-0.25, -0.2) is 0 Å². The van der Waals surface area contributed by atoms with Crippen LogP contribution in [0.4, 0.5) is 11.4 Å². The van der Waals surface area contributed by atoms with Crippen molar-refractivity contribution in [1.29, 1.82) is 0 Å². The molecule has 31 heavy (non-hydrogen) atoms. The van der Waals surface area contributed by atoms with E-state index < -0.39 is 4.92 Å². The Balaban J connectivity index is 1.71. The SMILES string of the molecule is COc1ccc(CN2CCCN(c3ccc(C(=O)NC(C)C)cc3[N+](=O)[O-])CC2)cc1. The second kappa shape index (κ2) is 10.3. The summed E-state index contributed by atoms with van der Waals surface area (Å²) in [6.45, 7) is 7.69. The number of nitro benzene ring substituents is 1. The minimum atomic E-state index is -0.401. The first kappa shape index (κ1) is 22.6. The highest BCUT2D eigenvalue weighted by molar-refractivity contribution is 5.96. The largest absolute Gasteiger partial charge is 0.497 e. The fourth-order valence-corrected chi connectivity index (χ4v) is 3.78. The average molecular weight is 427 g/mol. The fourth-order valence-electron chi connectivity index (χ4n) is 3.78. The molecule has 0 unspecified atom stereocenters. The molecular formula is C23H30N4O4. The van der Waals surface area contributed by atoms with Gasteiger partial charge in [0.05, 0.1) is 12.0 Å². The van der Waals surface area contributed by atoms with Crippen LogP contribution in [-0.4, -0.2) is 55.1 Å². The molecule has 166 valence electrons. The lowest BCUT2D eigenvalue weighted by Crippen LogP contribution is -2.31. The van der Waals surface area contributed by atoms with Gasteiger partial charge in [0.25, 0.3) is 11.6 Å². The zero-order valence-corrected chi connectivity index (χ0v) is 18.3. The Morgan fingerprint density at radius 2 is 1.87 bits per heavy atom. The molecule has 0 aliphatic carbocycles. The molecule has 0 radical (unpaired) electrons. The molecule has 0 aromatic heterocycles. The van der Waals surface area contributed by atoms with Gasteiger partial charge >= 0.3 is 0 Å². The fraction of sp³-hybridized carbons (Fsp3) is 0.435. The topological polar surface area (TPSA) is 88.0 Å². The number of methoxy groups -OCH3 is 1. The first-order valence-corrected chi connectivity index (χ1v) is 10.6. The van der Waals surface area contributed by atoms with Crippen LogP contribution in [0.3, 0.4) is 0 Å². The maximum absolute atomic E-state index is 12.3. The predicted octanol–water partition coefficient (Wildman–Crippen LogP) is 3.45. The number of nitro groups is 1. The van der Waals surface area contributed by atoms with Gasteiger partial charge in [-0.15, -0.1) is 0 Å². The van der Waals surface area contributed by atoms with E-state index in [9.17, 15) is 14.9 Å². The molecule has 0 spiro atoms. The van der Waals surface area contributed by atoms with Gasteiger partial charge in [0.1, 0.15) is 11.4 Å². The van der Waals surface area contributed by atoms with Crippen molar-refractivity contribution in [2.45, 2.75) is 32.9 Å². The number of anilines is 1. The van der Waals surface area contributed by atoms with Crippen LogP contribution in [0, 0.1) is 10.1 Å². The molecule has 1 amide bonds. The van der Waals surface area contributed by atoms with Crippen LogP contribution in [-0.2, 0) is 6.54 Å². The quantitative estimate of drug-likeness (QED) is 0.539. The molecule has 3 rings (SSSR count). The van der Waals surface area contributed by atoms with Gasteiger partial charge in [-0.2, -0.15) is 0 Å². The number of benzene rings is 2. The van der Waals surface area contributed by atoms with Gasteiger partial charge in [0, 0.05) is 50.4 Å². The van der Waals surface area contributed by atoms with Crippen molar-refractivity contribution < 1.29 is 14.5 Å². The second-order valence-electron chi connectivity index (χ2n) is 8.05. The molecule has 1 heterocycles. The lowest BCUT2D eigenvalue weighted by atomic mass is 10.1. The van der Waals surface area contributed by atoms with Crippen molar-refractivity contribution >= 4 is 17.3 Å². The molecule has 8 nitrogen and oxygen atoms in total. The lowest BCUT2D eigenvalue weighted by molar-refractivity contribution is -0.384. The third-order valence-electron chi connectivity index (χ3n) is 5.35. The highest BCUT2D eigenvalue weighted by Gasteiger charge is 2.24. The molecule has 1 aliphatic heterocycles. The molecule has 1 saturated heterocycles. The van der Waals surface area contributed by atoms with E-state index >= 15 is 0 Å². The molecule has 1 N–H and O–H groups in total. The lowest BCUT2D eigenvalue weighted by Gasteiger charge is -2.24. The molecule has 0 saturated carbocycles. The van der Waals surface area contributed by atoms with Crippen LogP contribution in [0.5, 0.6) is 5.75 Å². The predicted molar refractivity (Wildman–Crippen MR) is 121 cm³/mol. The molecular weight excluding hydrogens is 396 g/mol. The molecule has 1 aliphatic rings. The summed E-state index contributed by atoms with van der Waals surface area (Å²) in [6, 6.07) is 12.8. The number of carbonyl (C=O) groups excluding carboxylic acids is 1. The van der Waals surface area contributed by atoms with Crippen LogP contribution >= 0.6 is 0 Å². The first-order chi connectivity index (χ1) is 14.9. The van der Waals surface area contributed by atoms with Gasteiger partial charge in [-0.3, -0.25) is 19.8 Å². The summed E-state index contributed by atoms with van der Waals surface area (Å²) in [5.74, 6) is 0.537. The Bertz CT molecular complexity index is 914. The molecule has 8 heteroatoms. The summed E-state index contributed by atoms with van der Waals surface area (Å²) in [4.78, 5) is 28.0. The molecule has 2 aromatic carbocycles.